The van der Waals surface area contributed by atoms with Crippen LogP contribution in [-0.2, 0) is 57.8 Å². The highest BCUT2D eigenvalue weighted by atomic mass is 32.2. The van der Waals surface area contributed by atoms with Gasteiger partial charge in [0.25, 0.3) is 0 Å². The number of aryl methyl sites for hydroxylation is 6. The number of rotatable bonds is 37. The molecule has 0 aliphatic heterocycles. The molecule has 0 radical (unpaired) electrons. The van der Waals surface area contributed by atoms with Crippen molar-refractivity contribution < 1.29 is 59.1 Å². The predicted octanol–water partition coefficient (Wildman–Crippen LogP) is 15.2. The fourth-order valence-corrected chi connectivity index (χ4v) is 14.0. The quantitative estimate of drug-likeness (QED) is 0.0160. The molecule has 6 aromatic carbocycles. The highest BCUT2D eigenvalue weighted by molar-refractivity contribution is 8.03. The molecule has 0 aliphatic rings. The average Bonchev–Trinajstić information content (AvgIpc) is 3.70. The van der Waals surface area contributed by atoms with Crippen LogP contribution in [0, 0.1) is 6.92 Å². The Morgan fingerprint density at radius 3 is 0.871 bits per heavy atom. The number of hydrogen-bond donors (Lipinski definition) is 6. The topological polar surface area (TPSA) is 177 Å². The van der Waals surface area contributed by atoms with Crippen molar-refractivity contribution in [3.05, 3.63) is 165 Å². The highest BCUT2D eigenvalue weighted by Crippen LogP contribution is 2.41. The lowest BCUT2D eigenvalue weighted by molar-refractivity contribution is 0.367. The van der Waals surface area contributed by atoms with Crippen molar-refractivity contribution in [2.45, 2.75) is 97.3 Å². The van der Waals surface area contributed by atoms with Crippen LogP contribution < -0.4 is 28.4 Å². The van der Waals surface area contributed by atoms with Crippen molar-refractivity contribution in [3.8, 4) is 69.0 Å². The third-order valence-electron chi connectivity index (χ3n) is 14.4. The van der Waals surface area contributed by atoms with Gasteiger partial charge in [-0.05, 0) is 181 Å². The van der Waals surface area contributed by atoms with Crippen molar-refractivity contribution in [1.82, 2.24) is 0 Å². The molecule has 0 spiro atoms. The van der Waals surface area contributed by atoms with Crippen molar-refractivity contribution in [2.75, 3.05) is 88.7 Å². The number of phenols is 6. The van der Waals surface area contributed by atoms with Crippen molar-refractivity contribution in [3.63, 3.8) is 0 Å². The van der Waals surface area contributed by atoms with Crippen LogP contribution in [-0.4, -0.2) is 119 Å². The van der Waals surface area contributed by atoms with E-state index in [1.807, 2.05) is 140 Å². The first-order valence-corrected chi connectivity index (χ1v) is 33.6. The number of thioether (sulfide) groups is 4. The molecule has 12 nitrogen and oxygen atoms in total. The lowest BCUT2D eigenvalue weighted by Crippen LogP contribution is -1.99. The maximum Gasteiger partial charge on any atom is 0.161 e. The Balaban J connectivity index is 0.000000311. The largest absolute Gasteiger partial charge is 0.504 e. The molecule has 0 amide bonds. The van der Waals surface area contributed by atoms with Gasteiger partial charge in [0.15, 0.2) is 69.0 Å². The molecule has 462 valence electrons. The van der Waals surface area contributed by atoms with Crippen molar-refractivity contribution in [1.29, 1.82) is 0 Å². The summed E-state index contributed by atoms with van der Waals surface area (Å²) >= 11 is 7.90. The minimum Gasteiger partial charge on any atom is -0.504 e. The summed E-state index contributed by atoms with van der Waals surface area (Å²) in [4.78, 5) is 0. The maximum absolute atomic E-state index is 10.8. The molecule has 6 rings (SSSR count). The molecule has 6 N–H and O–H groups in total. The zero-order valence-corrected chi connectivity index (χ0v) is 54.4. The summed E-state index contributed by atoms with van der Waals surface area (Å²) in [6.45, 7) is 11.6. The van der Waals surface area contributed by atoms with Crippen LogP contribution in [0.15, 0.2) is 98.1 Å². The van der Waals surface area contributed by atoms with Gasteiger partial charge in [0.2, 0.25) is 0 Å². The number of allylic oxidation sites excluding steroid dienone is 2. The third kappa shape index (κ3) is 21.6. The second-order valence-corrected chi connectivity index (χ2v) is 25.4. The molecule has 0 heterocycles. The summed E-state index contributed by atoms with van der Waals surface area (Å²) in [5.74, 6) is 12.5. The second-order valence-electron chi connectivity index (χ2n) is 20.5. The fraction of sp³-hybridized carbons (Fsp3) is 0.420. The van der Waals surface area contributed by atoms with Gasteiger partial charge in [0.05, 0.1) is 42.7 Å². The zero-order chi connectivity index (χ0) is 61.7. The van der Waals surface area contributed by atoms with E-state index in [0.717, 1.165) is 137 Å². The molecule has 0 atom stereocenters. The molecule has 0 unspecified atom stereocenters. The Morgan fingerprint density at radius 1 is 0.341 bits per heavy atom. The van der Waals surface area contributed by atoms with Crippen molar-refractivity contribution >= 4 is 47.0 Å². The van der Waals surface area contributed by atoms with Gasteiger partial charge >= 0.3 is 0 Å². The van der Waals surface area contributed by atoms with Gasteiger partial charge in [-0.15, -0.1) is 13.2 Å². The summed E-state index contributed by atoms with van der Waals surface area (Å²) in [5.41, 5.74) is 11.2. The van der Waals surface area contributed by atoms with Crippen LogP contribution in [0.25, 0.3) is 0 Å². The summed E-state index contributed by atoms with van der Waals surface area (Å²) in [6, 6.07) is 23.3. The number of ether oxygens (including phenoxy) is 6. The van der Waals surface area contributed by atoms with Gasteiger partial charge in [-0.25, -0.2) is 0 Å². The molecule has 0 fully saturated rings. The first kappa shape index (κ1) is 69.6. The van der Waals surface area contributed by atoms with E-state index >= 15 is 0 Å². The van der Waals surface area contributed by atoms with E-state index in [9.17, 15) is 30.6 Å². The highest BCUT2D eigenvalue weighted by Gasteiger charge is 2.19. The Bertz CT molecular complexity index is 3050. The lowest BCUT2D eigenvalue weighted by atomic mass is 9.96. The zero-order valence-electron chi connectivity index (χ0n) is 51.1. The SMILES string of the molecule is C=CCc1cc(Cc2cc(CCCSCCSCCCc3cc(C)c(O)c(OC)c3)cc(OC)c2O)c(O)c(OC)c1.C=CCc1cc(Cc2cc(CCCSCCSCCCc3cc(CC)c(O)c(OC)c3)cc(OC)c2O)c(O)c(OC)c1. The van der Waals surface area contributed by atoms with Crippen LogP contribution >= 0.6 is 47.0 Å². The molecule has 0 saturated heterocycles. The number of phenolic OH excluding ortho intramolecular Hbond substituents is 6. The normalized spacial score (nSPS) is 11.0. The van der Waals surface area contributed by atoms with E-state index in [2.05, 4.69) is 19.2 Å². The summed E-state index contributed by atoms with van der Waals surface area (Å²) < 4.78 is 32.3. The molecular formula is C69H90O12S4. The van der Waals surface area contributed by atoms with Crippen LogP contribution in [0.2, 0.25) is 0 Å². The number of methoxy groups -OCH3 is 6. The van der Waals surface area contributed by atoms with Gasteiger partial charge < -0.3 is 59.1 Å². The summed E-state index contributed by atoms with van der Waals surface area (Å²) in [7, 11) is 9.37. The third-order valence-corrected chi connectivity index (χ3v) is 19.2. The second kappa shape index (κ2) is 37.4. The lowest BCUT2D eigenvalue weighted by Gasteiger charge is -2.15. The standard InChI is InChI=1S/C35H46O6S2.C34H44O6S2/c1-6-10-24-18-28(34(37)31(20-24)40-4)23-29-19-26(22-32(41-5)35(29)38)12-9-14-43-16-15-42-13-8-11-25-17-27(7-2)33(36)30(21-25)39-3;1-6-9-24-17-27(33(36)30(19-24)39-4)22-28-18-26(21-31(40-5)34(28)37)11-8-13-42-15-14-41-12-7-10-25-16-23(2)32(35)29(20-25)38-3/h6,17-22,36-38H,1,7-16,23H2,2-5H3;6,16-21,35-37H,1,7-15,22H2,2-5H3. The number of aromatic hydroxyl groups is 6. The van der Waals surface area contributed by atoms with E-state index in [0.29, 0.717) is 82.4 Å². The number of benzene rings is 6. The number of hydrogen-bond acceptors (Lipinski definition) is 16. The Morgan fingerprint density at radius 2 is 0.588 bits per heavy atom. The Kier molecular flexibility index (Phi) is 30.6. The Hall–Kier alpha value is -6.20. The van der Waals surface area contributed by atoms with Gasteiger partial charge in [-0.1, -0.05) is 55.5 Å². The predicted molar refractivity (Wildman–Crippen MR) is 358 cm³/mol. The van der Waals surface area contributed by atoms with Gasteiger partial charge in [0, 0.05) is 58.1 Å². The van der Waals surface area contributed by atoms with Gasteiger partial charge in [-0.3, -0.25) is 0 Å². The minimum atomic E-state index is 0.0824. The summed E-state index contributed by atoms with van der Waals surface area (Å²) in [5, 5.41) is 63.3. The van der Waals surface area contributed by atoms with Crippen molar-refractivity contribution in [2.24, 2.45) is 0 Å². The van der Waals surface area contributed by atoms with E-state index in [1.54, 1.807) is 28.4 Å². The van der Waals surface area contributed by atoms with Crippen LogP contribution in [0.1, 0.15) is 99.4 Å². The van der Waals surface area contributed by atoms with Crippen LogP contribution in [0.4, 0.5) is 0 Å². The van der Waals surface area contributed by atoms with Crippen LogP contribution in [0.3, 0.4) is 0 Å². The molecule has 0 bridgehead atoms. The molecule has 0 saturated carbocycles. The first-order chi connectivity index (χ1) is 41.1. The van der Waals surface area contributed by atoms with E-state index in [-0.39, 0.29) is 34.5 Å². The van der Waals surface area contributed by atoms with E-state index in [4.69, 9.17) is 28.4 Å². The van der Waals surface area contributed by atoms with E-state index < -0.39 is 0 Å². The van der Waals surface area contributed by atoms with Gasteiger partial charge in [0.1, 0.15) is 0 Å². The minimum absolute atomic E-state index is 0.0824. The maximum atomic E-state index is 10.8. The van der Waals surface area contributed by atoms with Gasteiger partial charge in [-0.2, -0.15) is 47.0 Å². The molecular weight excluding hydrogens is 1150 g/mol. The monoisotopic (exact) mass is 1240 g/mol. The van der Waals surface area contributed by atoms with E-state index in [1.165, 1.54) is 25.3 Å². The Labute approximate surface area is 522 Å². The molecule has 16 heteroatoms. The molecule has 0 aliphatic carbocycles. The molecule has 6 aromatic rings. The van der Waals surface area contributed by atoms with Crippen LogP contribution in [0.5, 0.6) is 69.0 Å². The summed E-state index contributed by atoms with van der Waals surface area (Å²) in [6.07, 6.45) is 14.4. The first-order valence-electron chi connectivity index (χ1n) is 29.0. The molecule has 0 aromatic heterocycles. The average molecular weight is 1240 g/mol. The smallest absolute Gasteiger partial charge is 0.161 e. The fourth-order valence-electron chi connectivity index (χ4n) is 9.92. The molecule has 85 heavy (non-hydrogen) atoms.